The molecule has 7 heteroatoms. The van der Waals surface area contributed by atoms with Crippen LogP contribution in [0.25, 0.3) is 16.9 Å². The van der Waals surface area contributed by atoms with Crippen LogP contribution in [0.1, 0.15) is 6.92 Å². The molecule has 1 aliphatic heterocycles. The first-order valence-corrected chi connectivity index (χ1v) is 10.9. The van der Waals surface area contributed by atoms with Crippen LogP contribution in [0.15, 0.2) is 66.0 Å². The molecule has 156 valence electrons. The van der Waals surface area contributed by atoms with Crippen molar-refractivity contribution in [1.82, 2.24) is 14.5 Å². The van der Waals surface area contributed by atoms with Crippen molar-refractivity contribution in [2.75, 3.05) is 33.4 Å². The molecular weight excluding hydrogens is 398 g/mol. The topological polar surface area (TPSA) is 56.6 Å². The van der Waals surface area contributed by atoms with Crippen molar-refractivity contribution in [2.45, 2.75) is 17.3 Å². The number of thioether (sulfide) groups is 1. The van der Waals surface area contributed by atoms with Gasteiger partial charge in [0.05, 0.1) is 43.2 Å². The second-order valence-corrected chi connectivity index (χ2v) is 8.30. The highest BCUT2D eigenvalue weighted by Gasteiger charge is 2.26. The summed E-state index contributed by atoms with van der Waals surface area (Å²) in [5.74, 6) is 0.862. The SMILES string of the molecule is COc1ccccc1-n1c(-c2ccccc2)cnc1SC(C)C(=O)N1CCOCC1. The van der Waals surface area contributed by atoms with Crippen molar-refractivity contribution < 1.29 is 14.3 Å². The molecule has 0 bridgehead atoms. The lowest BCUT2D eigenvalue weighted by Crippen LogP contribution is -2.44. The molecule has 0 N–H and O–H groups in total. The Hall–Kier alpha value is -2.77. The molecular formula is C23H25N3O3S. The second kappa shape index (κ2) is 9.36. The normalized spacial score (nSPS) is 15.1. The van der Waals surface area contributed by atoms with Crippen LogP contribution in [0.5, 0.6) is 5.75 Å². The number of hydrogen-bond donors (Lipinski definition) is 0. The first-order chi connectivity index (χ1) is 14.7. The number of aromatic nitrogens is 2. The molecule has 1 aromatic heterocycles. The van der Waals surface area contributed by atoms with E-state index in [1.54, 1.807) is 7.11 Å². The third-order valence-electron chi connectivity index (χ3n) is 5.08. The summed E-state index contributed by atoms with van der Waals surface area (Å²) in [6.07, 6.45) is 1.86. The minimum absolute atomic E-state index is 0.110. The Morgan fingerprint density at radius 1 is 1.10 bits per heavy atom. The molecule has 0 spiro atoms. The molecule has 2 heterocycles. The predicted octanol–water partition coefficient (Wildman–Crippen LogP) is 3.89. The average Bonchev–Trinajstić information content (AvgIpc) is 3.22. The summed E-state index contributed by atoms with van der Waals surface area (Å²) in [7, 11) is 1.66. The van der Waals surface area contributed by atoms with Gasteiger partial charge in [-0.25, -0.2) is 4.98 Å². The van der Waals surface area contributed by atoms with Crippen LogP contribution in [0, 0.1) is 0 Å². The second-order valence-electron chi connectivity index (χ2n) is 7.00. The Labute approximate surface area is 180 Å². The maximum absolute atomic E-state index is 12.9. The number of rotatable bonds is 6. The quantitative estimate of drug-likeness (QED) is 0.563. The lowest BCUT2D eigenvalue weighted by Gasteiger charge is -2.29. The van der Waals surface area contributed by atoms with Gasteiger partial charge < -0.3 is 14.4 Å². The molecule has 1 saturated heterocycles. The van der Waals surface area contributed by atoms with Crippen LogP contribution < -0.4 is 4.74 Å². The number of hydrogen-bond acceptors (Lipinski definition) is 5. The van der Waals surface area contributed by atoms with Crippen LogP contribution in [0.3, 0.4) is 0 Å². The van der Waals surface area contributed by atoms with Gasteiger partial charge in [-0.05, 0) is 19.1 Å². The van der Waals surface area contributed by atoms with Crippen LogP contribution in [0.2, 0.25) is 0 Å². The molecule has 0 saturated carbocycles. The summed E-state index contributed by atoms with van der Waals surface area (Å²) >= 11 is 1.47. The molecule has 3 aromatic rings. The van der Waals surface area contributed by atoms with Gasteiger partial charge in [0.15, 0.2) is 5.16 Å². The molecule has 1 atom stereocenters. The summed E-state index contributed by atoms with van der Waals surface area (Å²) in [6.45, 7) is 4.40. The van der Waals surface area contributed by atoms with E-state index in [9.17, 15) is 4.79 Å². The lowest BCUT2D eigenvalue weighted by molar-refractivity contribution is -0.134. The highest BCUT2D eigenvalue weighted by Crippen LogP contribution is 2.35. The first-order valence-electron chi connectivity index (χ1n) is 9.99. The van der Waals surface area contributed by atoms with Gasteiger partial charge in [0.25, 0.3) is 0 Å². The summed E-state index contributed by atoms with van der Waals surface area (Å²) in [5.41, 5.74) is 2.90. The van der Waals surface area contributed by atoms with E-state index in [4.69, 9.17) is 9.47 Å². The summed E-state index contributed by atoms with van der Waals surface area (Å²) in [6, 6.07) is 18.0. The average molecular weight is 424 g/mol. The molecule has 0 aliphatic carbocycles. The number of nitrogens with zero attached hydrogens (tertiary/aromatic N) is 3. The van der Waals surface area contributed by atoms with Gasteiger partial charge in [-0.1, -0.05) is 54.2 Å². The van der Waals surface area contributed by atoms with Crippen LogP contribution >= 0.6 is 11.8 Å². The zero-order chi connectivity index (χ0) is 20.9. The number of carbonyl (C=O) groups excluding carboxylic acids is 1. The Bertz CT molecular complexity index is 1000. The maximum Gasteiger partial charge on any atom is 0.236 e. The number of benzene rings is 2. The summed E-state index contributed by atoms with van der Waals surface area (Å²) in [4.78, 5) is 19.5. The van der Waals surface area contributed by atoms with Crippen molar-refractivity contribution in [3.63, 3.8) is 0 Å². The number of amides is 1. The third-order valence-corrected chi connectivity index (χ3v) is 6.13. The van der Waals surface area contributed by atoms with Crippen molar-refractivity contribution in [3.8, 4) is 22.7 Å². The molecule has 30 heavy (non-hydrogen) atoms. The number of carbonyl (C=O) groups is 1. The standard InChI is InChI=1S/C23H25N3O3S/c1-17(22(27)25-12-14-29-15-13-25)30-23-24-16-20(18-8-4-3-5-9-18)26(23)19-10-6-7-11-21(19)28-2/h3-11,16-17H,12-15H2,1-2H3. The van der Waals surface area contributed by atoms with E-state index < -0.39 is 0 Å². The fourth-order valence-corrected chi connectivity index (χ4v) is 4.51. The zero-order valence-corrected chi connectivity index (χ0v) is 18.0. The predicted molar refractivity (Wildman–Crippen MR) is 118 cm³/mol. The number of imidazole rings is 1. The molecule has 0 radical (unpaired) electrons. The molecule has 1 aliphatic rings. The van der Waals surface area contributed by atoms with Crippen LogP contribution in [-0.4, -0.2) is 59.0 Å². The number of para-hydroxylation sites is 2. The summed E-state index contributed by atoms with van der Waals surface area (Å²) in [5, 5.41) is 0.495. The number of methoxy groups -OCH3 is 1. The van der Waals surface area contributed by atoms with Gasteiger partial charge in [-0.2, -0.15) is 0 Å². The third kappa shape index (κ3) is 4.22. The Balaban J connectivity index is 1.71. The maximum atomic E-state index is 12.9. The fraction of sp³-hybridized carbons (Fsp3) is 0.304. The van der Waals surface area contributed by atoms with E-state index in [1.165, 1.54) is 11.8 Å². The lowest BCUT2D eigenvalue weighted by atomic mass is 10.1. The summed E-state index contributed by atoms with van der Waals surface area (Å²) < 4.78 is 13.1. The van der Waals surface area contributed by atoms with E-state index in [0.717, 1.165) is 27.9 Å². The fourth-order valence-electron chi connectivity index (χ4n) is 3.53. The largest absolute Gasteiger partial charge is 0.495 e. The zero-order valence-electron chi connectivity index (χ0n) is 17.2. The van der Waals surface area contributed by atoms with Gasteiger partial charge in [0.1, 0.15) is 5.75 Å². The van der Waals surface area contributed by atoms with E-state index in [0.29, 0.717) is 26.3 Å². The number of morpholine rings is 1. The van der Waals surface area contributed by atoms with Gasteiger partial charge >= 0.3 is 0 Å². The molecule has 6 nitrogen and oxygen atoms in total. The Morgan fingerprint density at radius 2 is 1.80 bits per heavy atom. The molecule has 4 rings (SSSR count). The smallest absolute Gasteiger partial charge is 0.236 e. The van der Waals surface area contributed by atoms with E-state index in [-0.39, 0.29) is 11.2 Å². The minimum atomic E-state index is -0.261. The van der Waals surface area contributed by atoms with Crippen molar-refractivity contribution >= 4 is 17.7 Å². The monoisotopic (exact) mass is 423 g/mol. The van der Waals surface area contributed by atoms with Crippen molar-refractivity contribution in [3.05, 3.63) is 60.8 Å². The highest BCUT2D eigenvalue weighted by molar-refractivity contribution is 8.00. The van der Waals surface area contributed by atoms with Crippen LogP contribution in [0.4, 0.5) is 0 Å². The molecule has 1 amide bonds. The Morgan fingerprint density at radius 3 is 2.53 bits per heavy atom. The minimum Gasteiger partial charge on any atom is -0.495 e. The van der Waals surface area contributed by atoms with E-state index in [1.807, 2.05) is 60.5 Å². The van der Waals surface area contributed by atoms with Gasteiger partial charge in [-0.15, -0.1) is 0 Å². The first kappa shape index (κ1) is 20.5. The molecule has 1 unspecified atom stereocenters. The molecule has 1 fully saturated rings. The van der Waals surface area contributed by atoms with E-state index in [2.05, 4.69) is 21.7 Å². The highest BCUT2D eigenvalue weighted by atomic mass is 32.2. The van der Waals surface area contributed by atoms with E-state index >= 15 is 0 Å². The van der Waals surface area contributed by atoms with Crippen LogP contribution in [-0.2, 0) is 9.53 Å². The van der Waals surface area contributed by atoms with Crippen molar-refractivity contribution in [2.24, 2.45) is 0 Å². The van der Waals surface area contributed by atoms with Gasteiger partial charge in [0.2, 0.25) is 5.91 Å². The molecule has 2 aromatic carbocycles. The van der Waals surface area contributed by atoms with Crippen molar-refractivity contribution in [1.29, 1.82) is 0 Å². The van der Waals surface area contributed by atoms with Gasteiger partial charge in [-0.3, -0.25) is 9.36 Å². The number of ether oxygens (including phenoxy) is 2. The van der Waals surface area contributed by atoms with Gasteiger partial charge in [0, 0.05) is 18.7 Å². The Kier molecular flexibility index (Phi) is 6.40.